The Bertz CT molecular complexity index is 1100. The molecule has 0 fully saturated rings. The number of pyridine rings is 1. The van der Waals surface area contributed by atoms with Crippen LogP contribution >= 0.6 is 12.4 Å². The molecule has 3 nitrogen and oxygen atoms in total. The maximum Gasteiger partial charge on any atom is 0.138 e. The molecule has 0 aliphatic carbocycles. The minimum atomic E-state index is -0.215. The Morgan fingerprint density at radius 2 is 1.52 bits per heavy atom. The molecule has 0 saturated carbocycles. The molecular formula is C24H25ClFN3. The van der Waals surface area contributed by atoms with Crippen LogP contribution in [0.2, 0.25) is 0 Å². The number of anilines is 1. The number of hydrogen-bond donors (Lipinski definition) is 0. The molecule has 0 radical (unpaired) electrons. The van der Waals surface area contributed by atoms with E-state index in [1.54, 1.807) is 0 Å². The topological polar surface area (TPSA) is 21.1 Å². The molecule has 29 heavy (non-hydrogen) atoms. The minimum Gasteiger partial charge on any atom is -0.348 e. The van der Waals surface area contributed by atoms with E-state index in [-0.39, 0.29) is 18.2 Å². The predicted octanol–water partition coefficient (Wildman–Crippen LogP) is 5.96. The van der Waals surface area contributed by atoms with Gasteiger partial charge >= 0.3 is 0 Å². The molecule has 0 N–H and O–H groups in total. The minimum absolute atomic E-state index is 0. The zero-order valence-electron chi connectivity index (χ0n) is 16.9. The molecule has 0 spiro atoms. The zero-order chi connectivity index (χ0) is 19.7. The second-order valence-corrected chi connectivity index (χ2v) is 7.27. The Morgan fingerprint density at radius 3 is 2.17 bits per heavy atom. The molecule has 0 amide bonds. The van der Waals surface area contributed by atoms with E-state index in [4.69, 9.17) is 4.98 Å². The van der Waals surface area contributed by atoms with Crippen LogP contribution in [0.1, 0.15) is 22.4 Å². The molecule has 0 unspecified atom stereocenters. The Morgan fingerprint density at radius 1 is 0.897 bits per heavy atom. The van der Waals surface area contributed by atoms with Crippen molar-refractivity contribution in [3.8, 4) is 0 Å². The van der Waals surface area contributed by atoms with Crippen molar-refractivity contribution in [3.05, 3.63) is 95.1 Å². The van der Waals surface area contributed by atoms with Gasteiger partial charge in [-0.15, -0.1) is 12.4 Å². The van der Waals surface area contributed by atoms with E-state index in [0.717, 1.165) is 17.9 Å². The Kier molecular flexibility index (Phi) is 6.23. The van der Waals surface area contributed by atoms with E-state index in [9.17, 15) is 4.39 Å². The first-order valence-electron chi connectivity index (χ1n) is 9.48. The van der Waals surface area contributed by atoms with Crippen LogP contribution in [0.3, 0.4) is 0 Å². The van der Waals surface area contributed by atoms with Crippen molar-refractivity contribution in [2.24, 2.45) is 7.05 Å². The first kappa shape index (κ1) is 20.9. The molecule has 2 aromatic carbocycles. The summed E-state index contributed by atoms with van der Waals surface area (Å²) in [5, 5.41) is 1.18. The van der Waals surface area contributed by atoms with E-state index < -0.39 is 0 Å². The number of nitrogens with zero attached hydrogens (tertiary/aromatic N) is 3. The van der Waals surface area contributed by atoms with E-state index in [1.807, 2.05) is 24.4 Å². The third kappa shape index (κ3) is 4.13. The molecule has 0 atom stereocenters. The van der Waals surface area contributed by atoms with Gasteiger partial charge in [0.15, 0.2) is 0 Å². The highest BCUT2D eigenvalue weighted by molar-refractivity contribution is 5.94. The van der Waals surface area contributed by atoms with E-state index in [2.05, 4.69) is 60.7 Å². The molecule has 2 heterocycles. The summed E-state index contributed by atoms with van der Waals surface area (Å²) in [5.74, 6) is 0.750. The van der Waals surface area contributed by atoms with Crippen LogP contribution in [-0.2, 0) is 20.1 Å². The van der Waals surface area contributed by atoms with Crippen LogP contribution in [0.25, 0.3) is 10.9 Å². The molecule has 0 saturated heterocycles. The fraction of sp³-hybridized carbons (Fsp3) is 0.208. The lowest BCUT2D eigenvalue weighted by atomic mass is 10.1. The summed E-state index contributed by atoms with van der Waals surface area (Å²) in [4.78, 5) is 7.05. The van der Waals surface area contributed by atoms with Crippen LogP contribution in [0.15, 0.2) is 66.9 Å². The van der Waals surface area contributed by atoms with Gasteiger partial charge in [0.2, 0.25) is 0 Å². The Hall–Kier alpha value is -2.85. The Balaban J connectivity index is 0.00000240. The van der Waals surface area contributed by atoms with Crippen LogP contribution in [0, 0.1) is 19.7 Å². The number of hydrogen-bond acceptors (Lipinski definition) is 2. The normalized spacial score (nSPS) is 10.8. The van der Waals surface area contributed by atoms with Crippen molar-refractivity contribution in [3.63, 3.8) is 0 Å². The zero-order valence-corrected chi connectivity index (χ0v) is 17.7. The van der Waals surface area contributed by atoms with Gasteiger partial charge in [-0.1, -0.05) is 42.5 Å². The number of rotatable bonds is 5. The molecule has 0 aliphatic rings. The largest absolute Gasteiger partial charge is 0.348 e. The Labute approximate surface area is 177 Å². The molecular weight excluding hydrogens is 385 g/mol. The summed E-state index contributed by atoms with van der Waals surface area (Å²) >= 11 is 0. The average molecular weight is 410 g/mol. The number of benzene rings is 2. The van der Waals surface area contributed by atoms with Gasteiger partial charge in [0.05, 0.1) is 5.52 Å². The van der Waals surface area contributed by atoms with Gasteiger partial charge in [0.1, 0.15) is 11.6 Å². The lowest BCUT2D eigenvalue weighted by molar-refractivity contribution is 0.626. The van der Waals surface area contributed by atoms with Crippen LogP contribution in [0.4, 0.5) is 10.2 Å². The van der Waals surface area contributed by atoms with Crippen molar-refractivity contribution in [1.82, 2.24) is 9.55 Å². The fourth-order valence-electron chi connectivity index (χ4n) is 3.75. The number of fused-ring (bicyclic) bond motifs is 1. The summed E-state index contributed by atoms with van der Waals surface area (Å²) in [6.45, 7) is 5.69. The fourth-order valence-corrected chi connectivity index (χ4v) is 3.75. The van der Waals surface area contributed by atoms with Gasteiger partial charge in [-0.2, -0.15) is 0 Å². The van der Waals surface area contributed by atoms with Crippen molar-refractivity contribution < 1.29 is 4.39 Å². The SMILES string of the molecule is Cc1c(C)n(C)c2ccnc(N(Cc3ccccc3)Cc3ccc(F)cc3)c12.Cl. The third-order valence-corrected chi connectivity index (χ3v) is 5.49. The molecule has 4 aromatic rings. The highest BCUT2D eigenvalue weighted by Gasteiger charge is 2.18. The van der Waals surface area contributed by atoms with Gasteiger partial charge < -0.3 is 9.47 Å². The number of aryl methyl sites for hydroxylation is 2. The van der Waals surface area contributed by atoms with Gasteiger partial charge in [-0.05, 0) is 48.7 Å². The van der Waals surface area contributed by atoms with Crippen molar-refractivity contribution >= 4 is 29.1 Å². The highest BCUT2D eigenvalue weighted by Crippen LogP contribution is 2.32. The maximum atomic E-state index is 13.4. The van der Waals surface area contributed by atoms with E-state index in [1.165, 1.54) is 39.9 Å². The van der Waals surface area contributed by atoms with Crippen LogP contribution in [-0.4, -0.2) is 9.55 Å². The molecule has 5 heteroatoms. The van der Waals surface area contributed by atoms with Gasteiger partial charge in [0, 0.05) is 37.4 Å². The highest BCUT2D eigenvalue weighted by atomic mass is 35.5. The van der Waals surface area contributed by atoms with Gasteiger partial charge in [0.25, 0.3) is 0 Å². The number of aromatic nitrogens is 2. The molecule has 2 aromatic heterocycles. The third-order valence-electron chi connectivity index (χ3n) is 5.49. The summed E-state index contributed by atoms with van der Waals surface area (Å²) in [6.07, 6.45) is 1.87. The van der Waals surface area contributed by atoms with E-state index >= 15 is 0 Å². The van der Waals surface area contributed by atoms with Gasteiger partial charge in [-0.25, -0.2) is 9.37 Å². The van der Waals surface area contributed by atoms with Crippen molar-refractivity contribution in [2.75, 3.05) is 4.90 Å². The molecule has 4 rings (SSSR count). The number of halogens is 2. The van der Waals surface area contributed by atoms with Crippen molar-refractivity contribution in [1.29, 1.82) is 0 Å². The summed E-state index contributed by atoms with van der Waals surface area (Å²) in [5.41, 5.74) is 5.94. The lowest BCUT2D eigenvalue weighted by Gasteiger charge is -2.25. The van der Waals surface area contributed by atoms with Gasteiger partial charge in [-0.3, -0.25) is 0 Å². The first-order chi connectivity index (χ1) is 13.5. The summed E-state index contributed by atoms with van der Waals surface area (Å²) < 4.78 is 15.6. The predicted molar refractivity (Wildman–Crippen MR) is 120 cm³/mol. The lowest BCUT2D eigenvalue weighted by Crippen LogP contribution is -2.23. The molecule has 0 bridgehead atoms. The average Bonchev–Trinajstić information content (AvgIpc) is 2.94. The summed E-state index contributed by atoms with van der Waals surface area (Å²) in [6, 6.07) is 19.2. The van der Waals surface area contributed by atoms with Crippen molar-refractivity contribution in [2.45, 2.75) is 26.9 Å². The molecule has 0 aliphatic heterocycles. The second kappa shape index (κ2) is 8.66. The smallest absolute Gasteiger partial charge is 0.138 e. The first-order valence-corrected chi connectivity index (χ1v) is 9.48. The summed E-state index contributed by atoms with van der Waals surface area (Å²) in [7, 11) is 2.09. The van der Waals surface area contributed by atoms with E-state index in [0.29, 0.717) is 6.54 Å². The van der Waals surface area contributed by atoms with Crippen LogP contribution in [0.5, 0.6) is 0 Å². The van der Waals surface area contributed by atoms with Crippen LogP contribution < -0.4 is 4.90 Å². The molecule has 150 valence electrons. The maximum absolute atomic E-state index is 13.4. The standard InChI is InChI=1S/C24H24FN3.ClH/c1-17-18(2)27(3)22-13-14-26-24(23(17)22)28(15-19-7-5-4-6-8-19)16-20-9-11-21(25)12-10-20;/h4-14H,15-16H2,1-3H3;1H. The second-order valence-electron chi connectivity index (χ2n) is 7.27. The quantitative estimate of drug-likeness (QED) is 0.405. The monoisotopic (exact) mass is 409 g/mol.